The average molecular weight is 549 g/mol. The van der Waals surface area contributed by atoms with Gasteiger partial charge in [0.05, 0.1) is 0 Å². The standard InChI is InChI=1S/C38H32N2O2/c39-37(41)35-31(22-20-27-10-3-1-4-11-27)16-8-18-33(35)25-29-14-7-15-30(24-29)26-34-19-9-17-32(36(34)38(40)42)23-21-28-12-5-2-6-13-28/h1-24H,25-26H2,(H2,39,41)(H2,40,42). The van der Waals surface area contributed by atoms with E-state index in [0.29, 0.717) is 24.0 Å². The van der Waals surface area contributed by atoms with Gasteiger partial charge in [0.1, 0.15) is 0 Å². The van der Waals surface area contributed by atoms with E-state index in [4.69, 9.17) is 11.5 Å². The Kier molecular flexibility index (Phi) is 8.85. The summed E-state index contributed by atoms with van der Waals surface area (Å²) in [6.07, 6.45) is 8.90. The Morgan fingerprint density at radius 1 is 0.476 bits per heavy atom. The lowest BCUT2D eigenvalue weighted by atomic mass is 9.92. The maximum absolute atomic E-state index is 12.6. The van der Waals surface area contributed by atoms with Gasteiger partial charge in [-0.3, -0.25) is 9.59 Å². The van der Waals surface area contributed by atoms with E-state index >= 15 is 0 Å². The predicted octanol–water partition coefficient (Wildman–Crippen LogP) is 7.41. The Hall–Kier alpha value is -5.48. The van der Waals surface area contributed by atoms with Crippen molar-refractivity contribution in [1.29, 1.82) is 0 Å². The van der Waals surface area contributed by atoms with Crippen molar-refractivity contribution in [3.8, 4) is 0 Å². The second-order valence-electron chi connectivity index (χ2n) is 10.2. The lowest BCUT2D eigenvalue weighted by Crippen LogP contribution is -2.16. The highest BCUT2D eigenvalue weighted by Gasteiger charge is 2.15. The van der Waals surface area contributed by atoms with E-state index in [1.807, 2.05) is 140 Å². The van der Waals surface area contributed by atoms with Crippen molar-refractivity contribution in [2.24, 2.45) is 11.5 Å². The molecule has 0 heterocycles. The number of hydrogen-bond donors (Lipinski definition) is 2. The van der Waals surface area contributed by atoms with E-state index in [1.165, 1.54) is 0 Å². The molecule has 0 saturated heterocycles. The molecule has 0 radical (unpaired) electrons. The van der Waals surface area contributed by atoms with Crippen molar-refractivity contribution in [3.05, 3.63) is 177 Å². The fraction of sp³-hybridized carbons (Fsp3) is 0.0526. The summed E-state index contributed by atoms with van der Waals surface area (Å²) in [6, 6.07) is 39.6. The van der Waals surface area contributed by atoms with Gasteiger partial charge in [0.25, 0.3) is 0 Å². The summed E-state index contributed by atoms with van der Waals surface area (Å²) in [5, 5.41) is 0. The monoisotopic (exact) mass is 548 g/mol. The molecule has 0 aromatic heterocycles. The quantitative estimate of drug-likeness (QED) is 0.178. The fourth-order valence-corrected chi connectivity index (χ4v) is 5.20. The van der Waals surface area contributed by atoms with E-state index in [0.717, 1.165) is 44.5 Å². The summed E-state index contributed by atoms with van der Waals surface area (Å²) >= 11 is 0. The van der Waals surface area contributed by atoms with Crippen molar-refractivity contribution < 1.29 is 9.59 Å². The Balaban J connectivity index is 1.41. The maximum atomic E-state index is 12.6. The second-order valence-corrected chi connectivity index (χ2v) is 10.2. The third kappa shape index (κ3) is 6.98. The van der Waals surface area contributed by atoms with E-state index in [9.17, 15) is 9.59 Å². The lowest BCUT2D eigenvalue weighted by molar-refractivity contribution is 0.0991. The first-order chi connectivity index (χ1) is 20.5. The van der Waals surface area contributed by atoms with Crippen LogP contribution in [0.4, 0.5) is 0 Å². The zero-order valence-corrected chi connectivity index (χ0v) is 23.2. The summed E-state index contributed by atoms with van der Waals surface area (Å²) in [5.41, 5.74) is 20.2. The molecule has 4 nitrogen and oxygen atoms in total. The summed E-state index contributed by atoms with van der Waals surface area (Å²) in [5.74, 6) is -0.915. The molecule has 4 heteroatoms. The Morgan fingerprint density at radius 3 is 1.29 bits per heavy atom. The maximum Gasteiger partial charge on any atom is 0.249 e. The fourth-order valence-electron chi connectivity index (χ4n) is 5.20. The van der Waals surface area contributed by atoms with Gasteiger partial charge in [0.15, 0.2) is 0 Å². The molecule has 0 unspecified atom stereocenters. The molecule has 4 N–H and O–H groups in total. The van der Waals surface area contributed by atoms with Crippen LogP contribution < -0.4 is 11.5 Å². The van der Waals surface area contributed by atoms with Gasteiger partial charge >= 0.3 is 0 Å². The minimum Gasteiger partial charge on any atom is -0.366 e. The second kappa shape index (κ2) is 13.2. The molecule has 0 aliphatic rings. The topological polar surface area (TPSA) is 86.2 Å². The molecule has 0 bridgehead atoms. The van der Waals surface area contributed by atoms with Gasteiger partial charge in [-0.15, -0.1) is 0 Å². The molecule has 0 fully saturated rings. The molecule has 2 amide bonds. The molecule has 5 aromatic carbocycles. The SMILES string of the molecule is NC(=O)c1c(C=Cc2ccccc2)cccc1Cc1cccc(Cc2cccc(C=Cc3ccccc3)c2C(N)=O)c1. The van der Waals surface area contributed by atoms with Crippen molar-refractivity contribution in [2.75, 3.05) is 0 Å². The molecule has 0 aliphatic carbocycles. The zero-order valence-electron chi connectivity index (χ0n) is 23.2. The molecule has 206 valence electrons. The van der Waals surface area contributed by atoms with Gasteiger partial charge in [0, 0.05) is 11.1 Å². The zero-order chi connectivity index (χ0) is 29.3. The minimum atomic E-state index is -0.457. The first-order valence-electron chi connectivity index (χ1n) is 13.9. The first kappa shape index (κ1) is 28.1. The van der Waals surface area contributed by atoms with Gasteiger partial charge < -0.3 is 11.5 Å². The van der Waals surface area contributed by atoms with Crippen LogP contribution in [0.2, 0.25) is 0 Å². The van der Waals surface area contributed by atoms with E-state index in [2.05, 4.69) is 6.07 Å². The average Bonchev–Trinajstić information content (AvgIpc) is 3.00. The third-order valence-electron chi connectivity index (χ3n) is 7.15. The van der Waals surface area contributed by atoms with Crippen molar-refractivity contribution in [1.82, 2.24) is 0 Å². The van der Waals surface area contributed by atoms with Crippen molar-refractivity contribution in [2.45, 2.75) is 12.8 Å². The Morgan fingerprint density at radius 2 is 0.881 bits per heavy atom. The molecule has 0 spiro atoms. The number of rotatable bonds is 10. The molecule has 0 aliphatic heterocycles. The predicted molar refractivity (Wildman–Crippen MR) is 173 cm³/mol. The van der Waals surface area contributed by atoms with Gasteiger partial charge in [-0.25, -0.2) is 0 Å². The molecule has 5 aromatic rings. The number of amides is 2. The highest BCUT2D eigenvalue weighted by Crippen LogP contribution is 2.24. The van der Waals surface area contributed by atoms with Crippen LogP contribution in [-0.4, -0.2) is 11.8 Å². The lowest BCUT2D eigenvalue weighted by Gasteiger charge is -2.13. The number of hydrogen-bond acceptors (Lipinski definition) is 2. The molecule has 0 atom stereocenters. The van der Waals surface area contributed by atoms with Gasteiger partial charge in [-0.1, -0.05) is 146 Å². The van der Waals surface area contributed by atoms with Crippen LogP contribution in [0.3, 0.4) is 0 Å². The highest BCUT2D eigenvalue weighted by atomic mass is 16.1. The van der Waals surface area contributed by atoms with Crippen LogP contribution in [0, 0.1) is 0 Å². The van der Waals surface area contributed by atoms with Crippen LogP contribution in [0.5, 0.6) is 0 Å². The highest BCUT2D eigenvalue weighted by molar-refractivity contribution is 6.00. The minimum absolute atomic E-state index is 0.457. The van der Waals surface area contributed by atoms with Crippen LogP contribution in [0.25, 0.3) is 24.3 Å². The summed E-state index contributed by atoms with van der Waals surface area (Å²) in [4.78, 5) is 25.1. The normalized spacial score (nSPS) is 11.2. The number of primary amides is 2. The van der Waals surface area contributed by atoms with Gasteiger partial charge in [-0.2, -0.15) is 0 Å². The molecular weight excluding hydrogens is 516 g/mol. The molecule has 5 rings (SSSR count). The van der Waals surface area contributed by atoms with E-state index in [-0.39, 0.29) is 0 Å². The van der Waals surface area contributed by atoms with Gasteiger partial charge in [0.2, 0.25) is 11.8 Å². The van der Waals surface area contributed by atoms with Crippen LogP contribution in [-0.2, 0) is 12.8 Å². The van der Waals surface area contributed by atoms with Gasteiger partial charge in [-0.05, 0) is 57.3 Å². The van der Waals surface area contributed by atoms with E-state index < -0.39 is 11.8 Å². The summed E-state index contributed by atoms with van der Waals surface area (Å²) in [7, 11) is 0. The van der Waals surface area contributed by atoms with Crippen LogP contribution >= 0.6 is 0 Å². The van der Waals surface area contributed by atoms with Crippen molar-refractivity contribution in [3.63, 3.8) is 0 Å². The van der Waals surface area contributed by atoms with Crippen LogP contribution in [0.15, 0.2) is 121 Å². The van der Waals surface area contributed by atoms with Crippen LogP contribution in [0.1, 0.15) is 65.2 Å². The summed E-state index contributed by atoms with van der Waals surface area (Å²) in [6.45, 7) is 0. The molecule has 42 heavy (non-hydrogen) atoms. The Labute approximate surface area is 246 Å². The smallest absolute Gasteiger partial charge is 0.249 e. The summed E-state index contributed by atoms with van der Waals surface area (Å²) < 4.78 is 0. The molecule has 0 saturated carbocycles. The molecular formula is C38H32N2O2. The number of carbonyl (C=O) groups excluding carboxylic acids is 2. The third-order valence-corrected chi connectivity index (χ3v) is 7.15. The largest absolute Gasteiger partial charge is 0.366 e. The Bertz CT molecular complexity index is 1640. The first-order valence-corrected chi connectivity index (χ1v) is 13.9. The number of benzene rings is 5. The van der Waals surface area contributed by atoms with E-state index in [1.54, 1.807) is 0 Å². The van der Waals surface area contributed by atoms with Crippen molar-refractivity contribution >= 4 is 36.1 Å². The number of carbonyl (C=O) groups is 2. The number of nitrogens with two attached hydrogens (primary N) is 2.